The second-order valence-electron chi connectivity index (χ2n) is 5.22. The van der Waals surface area contributed by atoms with Gasteiger partial charge in [-0.1, -0.05) is 44.9 Å². The number of hydrogen-bond acceptors (Lipinski definition) is 3. The van der Waals surface area contributed by atoms with Crippen molar-refractivity contribution in [2.45, 2.75) is 39.2 Å². The fraction of sp³-hybridized carbons (Fsp3) is 0.438. The van der Waals surface area contributed by atoms with Crippen molar-refractivity contribution >= 4 is 10.9 Å². The van der Waals surface area contributed by atoms with E-state index >= 15 is 0 Å². The first-order valence-electron chi connectivity index (χ1n) is 7.07. The lowest BCUT2D eigenvalue weighted by molar-refractivity contribution is 0.362. The molecule has 2 atom stereocenters. The lowest BCUT2D eigenvalue weighted by atomic mass is 9.90. The molecule has 2 unspecified atom stereocenters. The number of hydrazine groups is 1. The summed E-state index contributed by atoms with van der Waals surface area (Å²) in [7, 11) is 0. The average Bonchev–Trinajstić information content (AvgIpc) is 2.45. The number of nitrogens with one attached hydrogen (secondary N) is 1. The highest BCUT2D eigenvalue weighted by Gasteiger charge is 2.17. The summed E-state index contributed by atoms with van der Waals surface area (Å²) >= 11 is 0. The maximum Gasteiger partial charge on any atom is 0.0705 e. The Balaban J connectivity index is 2.24. The minimum absolute atomic E-state index is 0.193. The Morgan fingerprint density at radius 1 is 1.32 bits per heavy atom. The van der Waals surface area contributed by atoms with Crippen LogP contribution in [0.2, 0.25) is 0 Å². The molecule has 0 aliphatic heterocycles. The third-order valence-electron chi connectivity index (χ3n) is 3.75. The zero-order valence-corrected chi connectivity index (χ0v) is 11.8. The standard InChI is InChI=1S/C16H23N3/c1-3-4-6-12(2)16(19-17)14-9-8-13-7-5-10-18-15(13)11-14/h5,7-12,16,19H,3-4,6,17H2,1-2H3. The molecule has 0 amide bonds. The van der Waals surface area contributed by atoms with Crippen molar-refractivity contribution in [3.63, 3.8) is 0 Å². The van der Waals surface area contributed by atoms with E-state index in [1.165, 1.54) is 30.2 Å². The summed E-state index contributed by atoms with van der Waals surface area (Å²) in [4.78, 5) is 4.41. The predicted octanol–water partition coefficient (Wildman–Crippen LogP) is 3.57. The molecule has 19 heavy (non-hydrogen) atoms. The first kappa shape index (κ1) is 14.0. The van der Waals surface area contributed by atoms with Crippen LogP contribution in [0.3, 0.4) is 0 Å². The molecule has 0 aliphatic rings. The van der Waals surface area contributed by atoms with Gasteiger partial charge in [0.25, 0.3) is 0 Å². The summed E-state index contributed by atoms with van der Waals surface area (Å²) in [5, 5.41) is 1.17. The summed E-state index contributed by atoms with van der Waals surface area (Å²) < 4.78 is 0. The Morgan fingerprint density at radius 3 is 2.89 bits per heavy atom. The molecule has 0 saturated heterocycles. The topological polar surface area (TPSA) is 50.9 Å². The molecule has 2 rings (SSSR count). The lowest BCUT2D eigenvalue weighted by Crippen LogP contribution is -2.32. The fourth-order valence-corrected chi connectivity index (χ4v) is 2.56. The Bertz CT molecular complexity index is 524. The van der Waals surface area contributed by atoms with Gasteiger partial charge in [-0.2, -0.15) is 0 Å². The highest BCUT2D eigenvalue weighted by atomic mass is 15.2. The van der Waals surface area contributed by atoms with Crippen LogP contribution in [-0.4, -0.2) is 4.98 Å². The second kappa shape index (κ2) is 6.64. The maximum absolute atomic E-state index is 5.75. The number of nitrogens with two attached hydrogens (primary N) is 1. The van der Waals surface area contributed by atoms with Crippen molar-refractivity contribution in [1.82, 2.24) is 10.4 Å². The van der Waals surface area contributed by atoms with E-state index in [0.717, 1.165) is 5.52 Å². The number of benzene rings is 1. The zero-order chi connectivity index (χ0) is 13.7. The van der Waals surface area contributed by atoms with Gasteiger partial charge in [-0.05, 0) is 30.0 Å². The molecule has 3 N–H and O–H groups in total. The highest BCUT2D eigenvalue weighted by molar-refractivity contribution is 5.78. The molecule has 3 nitrogen and oxygen atoms in total. The van der Waals surface area contributed by atoms with Crippen LogP contribution in [0.1, 0.15) is 44.7 Å². The third-order valence-corrected chi connectivity index (χ3v) is 3.75. The van der Waals surface area contributed by atoms with Crippen molar-refractivity contribution in [2.75, 3.05) is 0 Å². The largest absolute Gasteiger partial charge is 0.271 e. The fourth-order valence-electron chi connectivity index (χ4n) is 2.56. The van der Waals surface area contributed by atoms with Gasteiger partial charge in [0.05, 0.1) is 5.52 Å². The quantitative estimate of drug-likeness (QED) is 0.614. The van der Waals surface area contributed by atoms with E-state index in [9.17, 15) is 0 Å². The van der Waals surface area contributed by atoms with Gasteiger partial charge >= 0.3 is 0 Å². The van der Waals surface area contributed by atoms with Crippen LogP contribution in [0.5, 0.6) is 0 Å². The smallest absolute Gasteiger partial charge is 0.0705 e. The Hall–Kier alpha value is -1.45. The predicted molar refractivity (Wildman–Crippen MR) is 80.5 cm³/mol. The Kier molecular flexibility index (Phi) is 4.88. The summed E-state index contributed by atoms with van der Waals surface area (Å²) in [5.41, 5.74) is 5.21. The van der Waals surface area contributed by atoms with E-state index in [0.29, 0.717) is 5.92 Å². The van der Waals surface area contributed by atoms with E-state index in [-0.39, 0.29) is 6.04 Å². The lowest BCUT2D eigenvalue weighted by Gasteiger charge is -2.23. The maximum atomic E-state index is 5.75. The SMILES string of the molecule is CCCCC(C)C(NN)c1ccc2cccnc2c1. The summed E-state index contributed by atoms with van der Waals surface area (Å²) in [6.07, 6.45) is 5.48. The van der Waals surface area contributed by atoms with Crippen LogP contribution >= 0.6 is 0 Å². The summed E-state index contributed by atoms with van der Waals surface area (Å²) in [5.74, 6) is 6.27. The van der Waals surface area contributed by atoms with Crippen molar-refractivity contribution in [3.05, 3.63) is 42.1 Å². The molecule has 102 valence electrons. The normalized spacial score (nSPS) is 14.5. The van der Waals surface area contributed by atoms with Gasteiger partial charge in [0.2, 0.25) is 0 Å². The first-order chi connectivity index (χ1) is 9.26. The molecule has 3 heteroatoms. The average molecular weight is 257 g/mol. The molecule has 1 aromatic carbocycles. The molecule has 0 bridgehead atoms. The van der Waals surface area contributed by atoms with Gasteiger partial charge in [0.15, 0.2) is 0 Å². The third kappa shape index (κ3) is 3.31. The minimum Gasteiger partial charge on any atom is -0.271 e. The van der Waals surface area contributed by atoms with Crippen molar-refractivity contribution in [1.29, 1.82) is 0 Å². The van der Waals surface area contributed by atoms with Crippen LogP contribution in [-0.2, 0) is 0 Å². The van der Waals surface area contributed by atoms with Crippen LogP contribution in [0.4, 0.5) is 0 Å². The van der Waals surface area contributed by atoms with Crippen molar-refractivity contribution in [2.24, 2.45) is 11.8 Å². The molecular formula is C16H23N3. The van der Waals surface area contributed by atoms with E-state index < -0.39 is 0 Å². The van der Waals surface area contributed by atoms with E-state index in [2.05, 4.69) is 48.5 Å². The number of unbranched alkanes of at least 4 members (excludes halogenated alkanes) is 1. The Morgan fingerprint density at radius 2 is 2.16 bits per heavy atom. The highest BCUT2D eigenvalue weighted by Crippen LogP contribution is 2.27. The van der Waals surface area contributed by atoms with Gasteiger partial charge in [-0.25, -0.2) is 0 Å². The monoisotopic (exact) mass is 257 g/mol. The number of fused-ring (bicyclic) bond motifs is 1. The molecule has 0 saturated carbocycles. The minimum atomic E-state index is 0.193. The van der Waals surface area contributed by atoms with Gasteiger partial charge in [-0.3, -0.25) is 16.3 Å². The van der Waals surface area contributed by atoms with Crippen molar-refractivity contribution < 1.29 is 0 Å². The molecule has 0 fully saturated rings. The number of aromatic nitrogens is 1. The van der Waals surface area contributed by atoms with Gasteiger partial charge in [-0.15, -0.1) is 0 Å². The summed E-state index contributed by atoms with van der Waals surface area (Å²) in [6.45, 7) is 4.47. The number of nitrogens with zero attached hydrogens (tertiary/aromatic N) is 1. The molecular weight excluding hydrogens is 234 g/mol. The molecule has 2 aromatic rings. The second-order valence-corrected chi connectivity index (χ2v) is 5.22. The zero-order valence-electron chi connectivity index (χ0n) is 11.8. The van der Waals surface area contributed by atoms with Crippen molar-refractivity contribution in [3.8, 4) is 0 Å². The van der Waals surface area contributed by atoms with Gasteiger partial charge < -0.3 is 0 Å². The van der Waals surface area contributed by atoms with E-state index in [1.807, 2.05) is 12.3 Å². The van der Waals surface area contributed by atoms with Crippen LogP contribution in [0.25, 0.3) is 10.9 Å². The van der Waals surface area contributed by atoms with Crippen LogP contribution in [0.15, 0.2) is 36.5 Å². The van der Waals surface area contributed by atoms with Crippen LogP contribution in [0, 0.1) is 5.92 Å². The molecule has 0 aliphatic carbocycles. The first-order valence-corrected chi connectivity index (χ1v) is 7.07. The number of rotatable bonds is 6. The molecule has 1 aromatic heterocycles. The number of pyridine rings is 1. The van der Waals surface area contributed by atoms with Gasteiger partial charge in [0, 0.05) is 17.6 Å². The van der Waals surface area contributed by atoms with Crippen LogP contribution < -0.4 is 11.3 Å². The van der Waals surface area contributed by atoms with Gasteiger partial charge in [0.1, 0.15) is 0 Å². The molecule has 0 radical (unpaired) electrons. The van der Waals surface area contributed by atoms with E-state index in [4.69, 9.17) is 5.84 Å². The number of hydrogen-bond donors (Lipinski definition) is 2. The molecule has 0 spiro atoms. The summed E-state index contributed by atoms with van der Waals surface area (Å²) in [6, 6.07) is 10.6. The Labute approximate surface area is 115 Å². The molecule has 1 heterocycles. The van der Waals surface area contributed by atoms with E-state index in [1.54, 1.807) is 0 Å².